The highest BCUT2D eigenvalue weighted by atomic mass is 79.9. The van der Waals surface area contributed by atoms with Gasteiger partial charge in [0.2, 0.25) is 10.0 Å². The van der Waals surface area contributed by atoms with Crippen LogP contribution >= 0.6 is 43.2 Å². The summed E-state index contributed by atoms with van der Waals surface area (Å²) in [6, 6.07) is 3.28. The smallest absolute Gasteiger partial charge is 0.250 e. The normalized spacial score (nSPS) is 11.9. The van der Waals surface area contributed by atoms with Crippen LogP contribution in [0, 0.1) is 0 Å². The van der Waals surface area contributed by atoms with Crippen molar-refractivity contribution in [3.63, 3.8) is 0 Å². The Morgan fingerprint density at radius 3 is 2.72 bits per heavy atom. The lowest BCUT2D eigenvalue weighted by atomic mass is 10.6. The predicted molar refractivity (Wildman–Crippen MR) is 77.1 cm³/mol. The number of nitrogens with one attached hydrogen (secondary N) is 1. The molecule has 0 bridgehead atoms. The first-order valence-corrected chi connectivity index (χ1v) is 8.79. The lowest BCUT2D eigenvalue weighted by Gasteiger charge is -2.04. The summed E-state index contributed by atoms with van der Waals surface area (Å²) in [6.45, 7) is 0.781. The summed E-state index contributed by atoms with van der Waals surface area (Å²) in [5.41, 5.74) is 0. The Hall–Kier alpha value is -0.220. The predicted octanol–water partition coefficient (Wildman–Crippen LogP) is 2.45. The average Bonchev–Trinajstić information content (AvgIpc) is 2.88. The molecule has 0 aliphatic heterocycles. The van der Waals surface area contributed by atoms with Crippen molar-refractivity contribution in [3.05, 3.63) is 32.8 Å². The van der Waals surface area contributed by atoms with Gasteiger partial charge in [-0.3, -0.25) is 4.68 Å². The van der Waals surface area contributed by atoms with Crippen LogP contribution in [0.4, 0.5) is 0 Å². The van der Waals surface area contributed by atoms with Crippen molar-refractivity contribution in [2.75, 3.05) is 6.54 Å². The third kappa shape index (κ3) is 3.64. The third-order valence-corrected chi connectivity index (χ3v) is 6.03. The number of rotatable bonds is 5. The van der Waals surface area contributed by atoms with Crippen LogP contribution in [0.5, 0.6) is 0 Å². The number of hydrogen-bond acceptors (Lipinski definition) is 4. The van der Waals surface area contributed by atoms with E-state index in [-0.39, 0.29) is 0 Å². The maximum Gasteiger partial charge on any atom is 0.250 e. The van der Waals surface area contributed by atoms with E-state index in [1.54, 1.807) is 29.2 Å². The van der Waals surface area contributed by atoms with Gasteiger partial charge in [0.1, 0.15) is 4.21 Å². The summed E-state index contributed by atoms with van der Waals surface area (Å²) in [4.78, 5) is 0. The molecule has 0 aliphatic carbocycles. The standard InChI is InChI=1S/C9H9Br2N3O2S2/c10-7-5-12-14(6-7)4-3-13-18(15,16)9-2-1-8(11)17-9/h1-2,5-6,13H,3-4H2. The summed E-state index contributed by atoms with van der Waals surface area (Å²) in [7, 11) is -3.42. The Morgan fingerprint density at radius 1 is 1.39 bits per heavy atom. The van der Waals surface area contributed by atoms with Crippen molar-refractivity contribution >= 4 is 53.2 Å². The second-order valence-corrected chi connectivity index (χ2v) is 8.75. The molecule has 1 N–H and O–H groups in total. The average molecular weight is 415 g/mol. The van der Waals surface area contributed by atoms with Crippen LogP contribution in [-0.4, -0.2) is 24.7 Å². The summed E-state index contributed by atoms with van der Waals surface area (Å²) in [5, 5.41) is 4.04. The fourth-order valence-corrected chi connectivity index (χ4v) is 4.67. The van der Waals surface area contributed by atoms with Gasteiger partial charge in [0.15, 0.2) is 0 Å². The number of halogens is 2. The molecule has 2 rings (SSSR count). The maximum absolute atomic E-state index is 11.9. The van der Waals surface area contributed by atoms with E-state index in [1.807, 2.05) is 0 Å². The van der Waals surface area contributed by atoms with E-state index in [0.717, 1.165) is 8.26 Å². The monoisotopic (exact) mass is 413 g/mol. The van der Waals surface area contributed by atoms with Crippen LogP contribution in [0.2, 0.25) is 0 Å². The SMILES string of the molecule is O=S(=O)(NCCn1cc(Br)cn1)c1ccc(Br)s1. The molecule has 0 spiro atoms. The summed E-state index contributed by atoms with van der Waals surface area (Å²) < 4.78 is 29.9. The Bertz CT molecular complexity index is 636. The summed E-state index contributed by atoms with van der Waals surface area (Å²) in [5.74, 6) is 0. The molecule has 9 heteroatoms. The van der Waals surface area contributed by atoms with Crippen LogP contribution in [0.15, 0.2) is 37.0 Å². The summed E-state index contributed by atoms with van der Waals surface area (Å²) in [6.07, 6.45) is 3.45. The lowest BCUT2D eigenvalue weighted by molar-refractivity contribution is 0.562. The molecule has 0 unspecified atom stereocenters. The van der Waals surface area contributed by atoms with Gasteiger partial charge in [-0.25, -0.2) is 13.1 Å². The van der Waals surface area contributed by atoms with Gasteiger partial charge < -0.3 is 0 Å². The fraction of sp³-hybridized carbons (Fsp3) is 0.222. The van der Waals surface area contributed by atoms with Gasteiger partial charge in [-0.2, -0.15) is 5.10 Å². The largest absolute Gasteiger partial charge is 0.270 e. The number of sulfonamides is 1. The number of nitrogens with zero attached hydrogens (tertiary/aromatic N) is 2. The molecule has 0 atom stereocenters. The third-order valence-electron chi connectivity index (χ3n) is 2.05. The van der Waals surface area contributed by atoms with Crippen molar-refractivity contribution in [1.82, 2.24) is 14.5 Å². The van der Waals surface area contributed by atoms with Crippen molar-refractivity contribution in [1.29, 1.82) is 0 Å². The Balaban J connectivity index is 1.93. The molecule has 2 aromatic rings. The highest BCUT2D eigenvalue weighted by Gasteiger charge is 2.15. The minimum absolute atomic E-state index is 0.298. The Kier molecular flexibility index (Phi) is 4.59. The minimum Gasteiger partial charge on any atom is -0.270 e. The molecular weight excluding hydrogens is 406 g/mol. The Labute approximate surface area is 126 Å². The van der Waals surface area contributed by atoms with E-state index in [4.69, 9.17) is 0 Å². The van der Waals surface area contributed by atoms with E-state index in [2.05, 4.69) is 41.7 Å². The van der Waals surface area contributed by atoms with Crippen LogP contribution in [0.1, 0.15) is 0 Å². The van der Waals surface area contributed by atoms with Gasteiger partial charge in [0, 0.05) is 12.7 Å². The number of thiophene rings is 1. The first-order valence-electron chi connectivity index (χ1n) is 4.90. The summed E-state index contributed by atoms with van der Waals surface area (Å²) >= 11 is 7.70. The fourth-order valence-electron chi connectivity index (χ4n) is 1.27. The zero-order valence-electron chi connectivity index (χ0n) is 9.01. The second-order valence-electron chi connectivity index (χ2n) is 3.38. The van der Waals surface area contributed by atoms with Gasteiger partial charge in [-0.15, -0.1) is 11.3 Å². The first kappa shape index (κ1) is 14.2. The highest BCUT2D eigenvalue weighted by Crippen LogP contribution is 2.25. The molecule has 0 amide bonds. The van der Waals surface area contributed by atoms with E-state index < -0.39 is 10.0 Å². The van der Waals surface area contributed by atoms with Crippen molar-refractivity contribution in [3.8, 4) is 0 Å². The van der Waals surface area contributed by atoms with E-state index in [1.165, 1.54) is 11.3 Å². The topological polar surface area (TPSA) is 64.0 Å². The molecule has 0 saturated carbocycles. The van der Waals surface area contributed by atoms with Crippen LogP contribution in [-0.2, 0) is 16.6 Å². The van der Waals surface area contributed by atoms with Crippen LogP contribution in [0.25, 0.3) is 0 Å². The maximum atomic E-state index is 11.9. The van der Waals surface area contributed by atoms with Crippen molar-refractivity contribution in [2.24, 2.45) is 0 Å². The molecular formula is C9H9Br2N3O2S2. The lowest BCUT2D eigenvalue weighted by Crippen LogP contribution is -2.26. The van der Waals surface area contributed by atoms with Crippen molar-refractivity contribution in [2.45, 2.75) is 10.8 Å². The van der Waals surface area contributed by atoms with Crippen LogP contribution < -0.4 is 4.72 Å². The van der Waals surface area contributed by atoms with E-state index >= 15 is 0 Å². The number of hydrogen-bond donors (Lipinski definition) is 1. The molecule has 0 radical (unpaired) electrons. The highest BCUT2D eigenvalue weighted by molar-refractivity contribution is 9.11. The molecule has 5 nitrogen and oxygen atoms in total. The zero-order chi connectivity index (χ0) is 13.2. The molecule has 18 heavy (non-hydrogen) atoms. The minimum atomic E-state index is -3.42. The van der Waals surface area contributed by atoms with Gasteiger partial charge in [0.25, 0.3) is 0 Å². The Morgan fingerprint density at radius 2 is 2.17 bits per heavy atom. The van der Waals surface area contributed by atoms with Crippen molar-refractivity contribution < 1.29 is 8.42 Å². The van der Waals surface area contributed by atoms with Crippen LogP contribution in [0.3, 0.4) is 0 Å². The molecule has 2 aromatic heterocycles. The molecule has 2 heterocycles. The molecule has 0 fully saturated rings. The second kappa shape index (κ2) is 5.83. The van der Waals surface area contributed by atoms with Gasteiger partial charge in [-0.1, -0.05) is 0 Å². The molecule has 0 aliphatic rings. The van der Waals surface area contributed by atoms with Gasteiger partial charge >= 0.3 is 0 Å². The van der Waals surface area contributed by atoms with Gasteiger partial charge in [0.05, 0.1) is 21.0 Å². The zero-order valence-corrected chi connectivity index (χ0v) is 13.8. The molecule has 0 saturated heterocycles. The van der Waals surface area contributed by atoms with E-state index in [0.29, 0.717) is 17.3 Å². The molecule has 0 aromatic carbocycles. The quantitative estimate of drug-likeness (QED) is 0.817. The molecule has 98 valence electrons. The van der Waals surface area contributed by atoms with Gasteiger partial charge in [-0.05, 0) is 44.0 Å². The van der Waals surface area contributed by atoms with E-state index in [9.17, 15) is 8.42 Å². The number of aromatic nitrogens is 2. The first-order chi connectivity index (χ1) is 8.47.